The molecule has 0 unspecified atom stereocenters. The summed E-state index contributed by atoms with van der Waals surface area (Å²) in [5.41, 5.74) is 14.0. The second-order valence-corrected chi connectivity index (χ2v) is 4.36. The third-order valence-corrected chi connectivity index (χ3v) is 3.22. The van der Waals surface area contributed by atoms with Gasteiger partial charge in [-0.15, -0.1) is 35.9 Å². The first kappa shape index (κ1) is 21.0. The van der Waals surface area contributed by atoms with Crippen LogP contribution in [0, 0.1) is 6.07 Å². The van der Waals surface area contributed by atoms with Crippen molar-refractivity contribution in [1.82, 2.24) is 0 Å². The van der Waals surface area contributed by atoms with Gasteiger partial charge in [-0.05, 0) is 30.2 Å². The summed E-state index contributed by atoms with van der Waals surface area (Å²) < 4.78 is 0. The molecular weight excluding hydrogens is 410 g/mol. The number of hydrogen-bond donors (Lipinski definition) is 0. The molecule has 0 N–H and O–H groups in total. The van der Waals surface area contributed by atoms with Crippen molar-refractivity contribution in [2.24, 2.45) is 5.11 Å². The van der Waals surface area contributed by atoms with E-state index in [4.69, 9.17) is 0 Å². The van der Waals surface area contributed by atoms with E-state index in [0.717, 1.165) is 23.1 Å². The fourth-order valence-electron chi connectivity index (χ4n) is 2.19. The van der Waals surface area contributed by atoms with Crippen LogP contribution in [0.5, 0.6) is 0 Å². The Morgan fingerprint density at radius 1 is 1.10 bits per heavy atom. The van der Waals surface area contributed by atoms with Gasteiger partial charge < -0.3 is 10.6 Å². The van der Waals surface area contributed by atoms with E-state index in [1.54, 1.807) is 0 Å². The number of aryl methyl sites for hydroxylation is 1. The van der Waals surface area contributed by atoms with Crippen LogP contribution in [0.15, 0.2) is 53.6 Å². The third kappa shape index (κ3) is 5.28. The number of allylic oxidation sites excluding steroid dienone is 1. The Morgan fingerprint density at radius 2 is 1.76 bits per heavy atom. The molecule has 0 aliphatic heterocycles. The average Bonchev–Trinajstić information content (AvgIpc) is 2.49. The molecule has 2 aromatic rings. The molecule has 0 bridgehead atoms. The van der Waals surface area contributed by atoms with Gasteiger partial charge in [0.05, 0.1) is 0 Å². The Kier molecular flexibility index (Phi) is 10.7. The van der Waals surface area contributed by atoms with Crippen LogP contribution < -0.4 is 0 Å². The van der Waals surface area contributed by atoms with Crippen LogP contribution in [0.2, 0.25) is 0 Å². The molecule has 0 heterocycles. The Labute approximate surface area is 177 Å². The van der Waals surface area contributed by atoms with Crippen molar-refractivity contribution >= 4 is 11.3 Å². The fourth-order valence-corrected chi connectivity index (χ4v) is 2.19. The van der Waals surface area contributed by atoms with E-state index in [0.29, 0.717) is 5.70 Å². The molecule has 2 rings (SSSR count). The van der Waals surface area contributed by atoms with E-state index in [9.17, 15) is 5.53 Å². The largest absolute Gasteiger partial charge is 0.717 e. The summed E-state index contributed by atoms with van der Waals surface area (Å²) >= 11 is 0. The van der Waals surface area contributed by atoms with E-state index in [1.807, 2.05) is 43.3 Å². The summed E-state index contributed by atoms with van der Waals surface area (Å²) in [4.78, 5) is 0. The van der Waals surface area contributed by atoms with E-state index in [2.05, 4.69) is 30.2 Å². The van der Waals surface area contributed by atoms with Gasteiger partial charge in [-0.25, -0.2) is 0 Å². The van der Waals surface area contributed by atoms with Crippen molar-refractivity contribution < 1.29 is 65.4 Å². The second-order valence-electron chi connectivity index (χ2n) is 4.36. The minimum Gasteiger partial charge on any atom is -0.717 e. The van der Waals surface area contributed by atoms with Crippen molar-refractivity contribution in [1.29, 1.82) is 0 Å². The monoisotopic (exact) mass is 426 g/mol. The molecule has 21 heavy (non-hydrogen) atoms. The molecule has 0 spiro atoms. The first-order valence-electron chi connectivity index (χ1n) is 6.39. The van der Waals surface area contributed by atoms with E-state index >= 15 is 0 Å². The van der Waals surface area contributed by atoms with Crippen molar-refractivity contribution in [2.45, 2.75) is 20.3 Å². The number of rotatable bonds is 4. The van der Waals surface area contributed by atoms with Gasteiger partial charge in [-0.1, -0.05) is 36.8 Å². The molecule has 0 fully saturated rings. The fraction of sp³-hybridized carbons (Fsp3) is 0.176. The van der Waals surface area contributed by atoms with E-state index < -0.39 is 0 Å². The van der Waals surface area contributed by atoms with Crippen molar-refractivity contribution in [3.8, 4) is 0 Å². The molecule has 2 radical (unpaired) electrons. The normalized spacial score (nSPS) is 10.8. The van der Waals surface area contributed by atoms with Crippen molar-refractivity contribution in [3.05, 3.63) is 76.8 Å². The zero-order valence-corrected chi connectivity index (χ0v) is 18.1. The van der Waals surface area contributed by atoms with Gasteiger partial charge >= 0.3 is 0 Å². The summed E-state index contributed by atoms with van der Waals surface area (Å²) in [5, 5.41) is 3.46. The maximum absolute atomic E-state index is 9.32. The summed E-state index contributed by atoms with van der Waals surface area (Å²) in [6.07, 6.45) is 0.949. The predicted octanol–water partition coefficient (Wildman–Crippen LogP) is 4.95. The summed E-state index contributed by atoms with van der Waals surface area (Å²) in [6.45, 7) is 4.10. The second kappa shape index (κ2) is 10.7. The molecule has 0 aliphatic carbocycles. The van der Waals surface area contributed by atoms with Gasteiger partial charge in [-0.2, -0.15) is 0 Å². The molecule has 0 amide bonds. The molecule has 0 saturated carbocycles. The van der Waals surface area contributed by atoms with E-state index in [-0.39, 0.29) is 65.4 Å². The van der Waals surface area contributed by atoms with Gasteiger partial charge in [0, 0.05) is 65.4 Å². The van der Waals surface area contributed by atoms with Gasteiger partial charge in [0.15, 0.2) is 0 Å². The van der Waals surface area contributed by atoms with Crippen LogP contribution in [0.4, 0.5) is 0 Å². The van der Waals surface area contributed by atoms with Crippen molar-refractivity contribution in [3.63, 3.8) is 0 Å². The number of hydrogen-bond acceptors (Lipinski definition) is 1. The standard InChI is InChI=1S/C17H16N2.2Y/c1-3-14-9-7-8-12-16(14)13(2)17(19-18)15-10-5-4-6-11-15;;/h4-10,12H,3H2,1-2H3;;/q-2;;/b17-13+;;. The minimum atomic E-state index is 0. The predicted molar refractivity (Wildman–Crippen MR) is 79.4 cm³/mol. The molecule has 0 atom stereocenters. The Hall–Kier alpha value is -0.0122. The zero-order valence-electron chi connectivity index (χ0n) is 12.4. The van der Waals surface area contributed by atoms with Crippen molar-refractivity contribution in [2.75, 3.05) is 0 Å². The topological polar surface area (TPSA) is 34.7 Å². The first-order chi connectivity index (χ1) is 9.27. The quantitative estimate of drug-likeness (QED) is 0.377. The number of benzene rings is 2. The molecular formula is C17H16N2Y2-2. The Balaban J connectivity index is 0.00000200. The molecule has 0 aliphatic rings. The van der Waals surface area contributed by atoms with Crippen LogP contribution >= 0.6 is 0 Å². The van der Waals surface area contributed by atoms with Gasteiger partial charge in [0.2, 0.25) is 0 Å². The maximum Gasteiger partial charge on any atom is 0 e. The van der Waals surface area contributed by atoms with Crippen LogP contribution in [0.3, 0.4) is 0 Å². The zero-order chi connectivity index (χ0) is 13.7. The summed E-state index contributed by atoms with van der Waals surface area (Å²) in [7, 11) is 0. The molecule has 102 valence electrons. The third-order valence-electron chi connectivity index (χ3n) is 3.22. The van der Waals surface area contributed by atoms with Gasteiger partial charge in [0.1, 0.15) is 0 Å². The minimum absolute atomic E-state index is 0. The first-order valence-corrected chi connectivity index (χ1v) is 6.39. The van der Waals surface area contributed by atoms with Crippen LogP contribution in [-0.4, -0.2) is 0 Å². The summed E-state index contributed by atoms with van der Waals surface area (Å²) in [5.74, 6) is 0. The molecule has 0 aromatic heterocycles. The number of nitrogens with zero attached hydrogens (tertiary/aromatic N) is 2. The maximum atomic E-state index is 9.32. The summed E-state index contributed by atoms with van der Waals surface area (Å²) in [6, 6.07) is 18.8. The molecule has 4 heteroatoms. The Morgan fingerprint density at radius 3 is 2.33 bits per heavy atom. The van der Waals surface area contributed by atoms with Crippen LogP contribution in [0.25, 0.3) is 16.8 Å². The molecule has 2 nitrogen and oxygen atoms in total. The Bertz CT molecular complexity index is 607. The van der Waals surface area contributed by atoms with Gasteiger partial charge in [-0.3, -0.25) is 0 Å². The average molecular weight is 426 g/mol. The SMILES string of the molecule is CCc1ccccc1/C(C)=C(/N=[N-])c1[c-]cccc1.[Y].[Y]. The van der Waals surface area contributed by atoms with E-state index in [1.165, 1.54) is 5.56 Å². The van der Waals surface area contributed by atoms with Crippen LogP contribution in [0.1, 0.15) is 30.5 Å². The van der Waals surface area contributed by atoms with Crippen LogP contribution in [-0.2, 0) is 71.8 Å². The van der Waals surface area contributed by atoms with Gasteiger partial charge in [0.25, 0.3) is 0 Å². The smallest absolute Gasteiger partial charge is 0 e. The molecule has 0 saturated heterocycles. The molecule has 2 aromatic carbocycles.